The molecule has 1 amide bonds. The van der Waals surface area contributed by atoms with Crippen LogP contribution in [0.3, 0.4) is 0 Å². The maximum Gasteiger partial charge on any atom is 0.272 e. The second-order valence-electron chi connectivity index (χ2n) is 6.20. The maximum atomic E-state index is 12.6. The van der Waals surface area contributed by atoms with Crippen molar-refractivity contribution in [2.75, 3.05) is 5.32 Å². The molecule has 138 valence electrons. The van der Waals surface area contributed by atoms with Gasteiger partial charge in [0.25, 0.3) is 5.56 Å². The highest BCUT2D eigenvalue weighted by Crippen LogP contribution is 2.20. The van der Waals surface area contributed by atoms with Crippen LogP contribution in [0.1, 0.15) is 25.6 Å². The van der Waals surface area contributed by atoms with Crippen molar-refractivity contribution < 1.29 is 4.79 Å². The predicted molar refractivity (Wildman–Crippen MR) is 106 cm³/mol. The van der Waals surface area contributed by atoms with E-state index < -0.39 is 0 Å². The second-order valence-corrected chi connectivity index (χ2v) is 7.12. The molecule has 0 aliphatic rings. The van der Waals surface area contributed by atoms with E-state index in [0.717, 1.165) is 17.0 Å². The molecule has 0 aliphatic carbocycles. The molecular formula is C19H19N5O2S. The predicted octanol–water partition coefficient (Wildman–Crippen LogP) is 3.09. The number of carbonyl (C=O) groups excluding carboxylic acids is 1. The number of nitrogens with zero attached hydrogens (tertiary/aromatic N) is 4. The highest BCUT2D eigenvalue weighted by molar-refractivity contribution is 7.17. The minimum atomic E-state index is -0.0313. The number of amides is 1. The smallest absolute Gasteiger partial charge is 0.272 e. The van der Waals surface area contributed by atoms with Gasteiger partial charge in [-0.2, -0.15) is 0 Å². The van der Waals surface area contributed by atoms with Gasteiger partial charge in [0.2, 0.25) is 11.7 Å². The molecule has 7 nitrogen and oxygen atoms in total. The van der Waals surface area contributed by atoms with Gasteiger partial charge in [-0.3, -0.25) is 18.6 Å². The molecule has 27 heavy (non-hydrogen) atoms. The van der Waals surface area contributed by atoms with E-state index in [1.54, 1.807) is 4.57 Å². The molecule has 0 aliphatic heterocycles. The van der Waals surface area contributed by atoms with Gasteiger partial charge in [0, 0.05) is 25.1 Å². The molecule has 0 saturated carbocycles. The number of nitrogens with one attached hydrogen (secondary N) is 1. The van der Waals surface area contributed by atoms with Crippen molar-refractivity contribution in [3.63, 3.8) is 0 Å². The summed E-state index contributed by atoms with van der Waals surface area (Å²) in [6, 6.07) is 11.3. The summed E-state index contributed by atoms with van der Waals surface area (Å²) in [5.74, 6) is 1.29. The fraction of sp³-hybridized carbons (Fsp3) is 0.263. The van der Waals surface area contributed by atoms with Crippen molar-refractivity contribution in [2.24, 2.45) is 0 Å². The Morgan fingerprint density at radius 1 is 1.19 bits per heavy atom. The Kier molecular flexibility index (Phi) is 4.72. The van der Waals surface area contributed by atoms with Gasteiger partial charge < -0.3 is 5.32 Å². The summed E-state index contributed by atoms with van der Waals surface area (Å²) in [6.45, 7) is 2.46. The van der Waals surface area contributed by atoms with E-state index in [1.807, 2.05) is 53.1 Å². The zero-order valence-electron chi connectivity index (χ0n) is 14.9. The molecule has 4 aromatic rings. The van der Waals surface area contributed by atoms with Gasteiger partial charge in [-0.25, -0.2) is 0 Å². The summed E-state index contributed by atoms with van der Waals surface area (Å²) < 4.78 is 4.27. The van der Waals surface area contributed by atoms with Crippen molar-refractivity contribution in [3.8, 4) is 0 Å². The quantitative estimate of drug-likeness (QED) is 0.556. The average Bonchev–Trinajstić information content (AvgIpc) is 3.30. The second kappa shape index (κ2) is 7.32. The molecule has 8 heteroatoms. The molecule has 0 fully saturated rings. The normalized spacial score (nSPS) is 11.3. The number of rotatable bonds is 6. The summed E-state index contributed by atoms with van der Waals surface area (Å²) in [4.78, 5) is 24.7. The minimum absolute atomic E-state index is 0.0267. The average molecular weight is 381 g/mol. The molecular weight excluding hydrogens is 362 g/mol. The number of anilines is 1. The maximum absolute atomic E-state index is 12.6. The SMILES string of the molecule is CCn1c(=O)c2sccc2n2c(CCCC(=O)Nc3ccccc3)nnc12. The zero-order chi connectivity index (χ0) is 18.8. The molecule has 3 aromatic heterocycles. The van der Waals surface area contributed by atoms with Gasteiger partial charge in [-0.1, -0.05) is 18.2 Å². The number of hydrogen-bond acceptors (Lipinski definition) is 5. The molecule has 0 atom stereocenters. The van der Waals surface area contributed by atoms with E-state index in [2.05, 4.69) is 15.5 Å². The van der Waals surface area contributed by atoms with Gasteiger partial charge in [0.05, 0.1) is 5.52 Å². The number of aryl methyl sites for hydroxylation is 2. The number of hydrogen-bond donors (Lipinski definition) is 1. The van der Waals surface area contributed by atoms with Crippen LogP contribution in [-0.4, -0.2) is 25.1 Å². The van der Waals surface area contributed by atoms with Crippen LogP contribution in [0.2, 0.25) is 0 Å². The van der Waals surface area contributed by atoms with E-state index >= 15 is 0 Å². The minimum Gasteiger partial charge on any atom is -0.326 e. The Hall–Kier alpha value is -3.00. The van der Waals surface area contributed by atoms with Gasteiger partial charge in [-0.05, 0) is 36.9 Å². The summed E-state index contributed by atoms with van der Waals surface area (Å²) >= 11 is 1.43. The number of aromatic nitrogens is 4. The van der Waals surface area contributed by atoms with Crippen LogP contribution in [0.15, 0.2) is 46.6 Å². The van der Waals surface area contributed by atoms with Crippen molar-refractivity contribution >= 4 is 38.9 Å². The van der Waals surface area contributed by atoms with Crippen LogP contribution in [0.25, 0.3) is 16.0 Å². The van der Waals surface area contributed by atoms with Gasteiger partial charge in [-0.15, -0.1) is 21.5 Å². The van der Waals surface area contributed by atoms with E-state index in [1.165, 1.54) is 11.3 Å². The first-order chi connectivity index (χ1) is 13.2. The molecule has 0 saturated heterocycles. The lowest BCUT2D eigenvalue weighted by Crippen LogP contribution is -2.21. The molecule has 0 spiro atoms. The Labute approximate surface area is 159 Å². The molecule has 0 unspecified atom stereocenters. The Morgan fingerprint density at radius 3 is 2.78 bits per heavy atom. The summed E-state index contributed by atoms with van der Waals surface area (Å²) in [5.41, 5.74) is 1.59. The van der Waals surface area contributed by atoms with Crippen LogP contribution in [-0.2, 0) is 17.8 Å². The number of para-hydroxylation sites is 1. The standard InChI is InChI=1S/C19H19N5O2S/c1-2-23-18(26)17-14(11-12-27-17)24-15(21-22-19(23)24)9-6-10-16(25)20-13-7-4-3-5-8-13/h3-5,7-8,11-12H,2,6,9-10H2,1H3,(H,20,25). The van der Waals surface area contributed by atoms with E-state index in [4.69, 9.17) is 0 Å². The van der Waals surface area contributed by atoms with Gasteiger partial charge in [0.15, 0.2) is 0 Å². The van der Waals surface area contributed by atoms with Crippen LogP contribution >= 0.6 is 11.3 Å². The fourth-order valence-corrected chi connectivity index (χ4v) is 4.00. The third-order valence-corrected chi connectivity index (χ3v) is 5.35. The highest BCUT2D eigenvalue weighted by Gasteiger charge is 2.16. The van der Waals surface area contributed by atoms with Crippen LogP contribution in [0.4, 0.5) is 5.69 Å². The third-order valence-electron chi connectivity index (χ3n) is 4.46. The molecule has 0 radical (unpaired) electrons. The largest absolute Gasteiger partial charge is 0.326 e. The number of thiophene rings is 1. The molecule has 3 heterocycles. The molecule has 1 N–H and O–H groups in total. The molecule has 0 bridgehead atoms. The monoisotopic (exact) mass is 381 g/mol. The van der Waals surface area contributed by atoms with E-state index in [9.17, 15) is 9.59 Å². The van der Waals surface area contributed by atoms with Crippen molar-refractivity contribution in [2.45, 2.75) is 32.7 Å². The Balaban J connectivity index is 1.54. The van der Waals surface area contributed by atoms with Crippen molar-refractivity contribution in [3.05, 3.63) is 58.0 Å². The third kappa shape index (κ3) is 3.23. The Morgan fingerprint density at radius 2 is 2.00 bits per heavy atom. The number of fused-ring (bicyclic) bond motifs is 3. The number of carbonyl (C=O) groups is 1. The topological polar surface area (TPSA) is 81.3 Å². The van der Waals surface area contributed by atoms with Gasteiger partial charge in [0.1, 0.15) is 10.5 Å². The zero-order valence-corrected chi connectivity index (χ0v) is 15.7. The first-order valence-corrected chi connectivity index (χ1v) is 9.76. The lowest BCUT2D eigenvalue weighted by atomic mass is 10.2. The first kappa shape index (κ1) is 17.4. The number of benzene rings is 1. The van der Waals surface area contributed by atoms with Crippen molar-refractivity contribution in [1.82, 2.24) is 19.2 Å². The fourth-order valence-electron chi connectivity index (χ4n) is 3.18. The van der Waals surface area contributed by atoms with Crippen LogP contribution in [0.5, 0.6) is 0 Å². The summed E-state index contributed by atoms with van der Waals surface area (Å²) in [5, 5.41) is 13.3. The van der Waals surface area contributed by atoms with Gasteiger partial charge >= 0.3 is 0 Å². The molecule has 4 rings (SSSR count). The van der Waals surface area contributed by atoms with E-state index in [-0.39, 0.29) is 11.5 Å². The summed E-state index contributed by atoms with van der Waals surface area (Å²) in [7, 11) is 0. The lowest BCUT2D eigenvalue weighted by Gasteiger charge is -2.07. The lowest BCUT2D eigenvalue weighted by molar-refractivity contribution is -0.116. The van der Waals surface area contributed by atoms with Crippen LogP contribution < -0.4 is 10.9 Å². The Bertz CT molecular complexity index is 1160. The van der Waals surface area contributed by atoms with Crippen molar-refractivity contribution in [1.29, 1.82) is 0 Å². The first-order valence-electron chi connectivity index (χ1n) is 8.88. The highest BCUT2D eigenvalue weighted by atomic mass is 32.1. The van der Waals surface area contributed by atoms with Crippen LogP contribution in [0, 0.1) is 0 Å². The molecule has 1 aromatic carbocycles. The van der Waals surface area contributed by atoms with E-state index in [0.29, 0.717) is 36.3 Å². The summed E-state index contributed by atoms with van der Waals surface area (Å²) in [6.07, 6.45) is 1.65.